The number of fused-ring (bicyclic) bond motifs is 1. The molecule has 2 N–H and O–H groups in total. The Balaban J connectivity index is 1.65. The van der Waals surface area contributed by atoms with Gasteiger partial charge in [-0.25, -0.2) is 4.98 Å². The van der Waals surface area contributed by atoms with E-state index in [1.54, 1.807) is 0 Å². The number of tetrazole rings is 1. The van der Waals surface area contributed by atoms with Crippen LogP contribution in [-0.2, 0) is 13.1 Å². The Morgan fingerprint density at radius 3 is 3.12 bits per heavy atom. The van der Waals surface area contributed by atoms with Gasteiger partial charge in [-0.05, 0) is 12.1 Å². The predicted molar refractivity (Wildman–Crippen MR) is 59.9 cm³/mol. The highest BCUT2D eigenvalue weighted by atomic mass is 15.5. The number of aromatic nitrogens is 6. The molecular formula is C10H11N7. The maximum Gasteiger partial charge on any atom is 0.188 e. The SMILES string of the molecule is c1ccn2cc(CNCc3nn[nH]n3)nc2c1. The minimum absolute atomic E-state index is 0.574. The van der Waals surface area contributed by atoms with Crippen LogP contribution in [0.3, 0.4) is 0 Å². The summed E-state index contributed by atoms with van der Waals surface area (Å²) in [5.41, 5.74) is 1.93. The molecule has 3 rings (SSSR count). The third kappa shape index (κ3) is 2.13. The van der Waals surface area contributed by atoms with Gasteiger partial charge in [0.1, 0.15) is 5.65 Å². The van der Waals surface area contributed by atoms with Gasteiger partial charge in [0.05, 0.1) is 12.2 Å². The number of hydrogen-bond acceptors (Lipinski definition) is 5. The van der Waals surface area contributed by atoms with Crippen molar-refractivity contribution in [1.29, 1.82) is 0 Å². The average Bonchev–Trinajstić information content (AvgIpc) is 2.96. The second-order valence-electron chi connectivity index (χ2n) is 3.63. The van der Waals surface area contributed by atoms with Crippen LogP contribution in [0.5, 0.6) is 0 Å². The van der Waals surface area contributed by atoms with Crippen molar-refractivity contribution >= 4 is 5.65 Å². The maximum atomic E-state index is 4.47. The molecule has 0 aliphatic carbocycles. The van der Waals surface area contributed by atoms with Gasteiger partial charge in [-0.2, -0.15) is 5.21 Å². The van der Waals surface area contributed by atoms with Gasteiger partial charge in [0.25, 0.3) is 0 Å². The van der Waals surface area contributed by atoms with E-state index in [0.29, 0.717) is 18.9 Å². The third-order valence-electron chi connectivity index (χ3n) is 2.39. The van der Waals surface area contributed by atoms with E-state index in [1.165, 1.54) is 0 Å². The Kier molecular flexibility index (Phi) is 2.51. The van der Waals surface area contributed by atoms with E-state index in [9.17, 15) is 0 Å². The molecule has 3 heterocycles. The molecule has 0 bridgehead atoms. The van der Waals surface area contributed by atoms with Crippen LogP contribution in [0.15, 0.2) is 30.6 Å². The van der Waals surface area contributed by atoms with Crippen molar-refractivity contribution in [3.8, 4) is 0 Å². The Morgan fingerprint density at radius 2 is 2.29 bits per heavy atom. The zero-order chi connectivity index (χ0) is 11.5. The van der Waals surface area contributed by atoms with Crippen molar-refractivity contribution in [2.24, 2.45) is 0 Å². The van der Waals surface area contributed by atoms with Crippen LogP contribution in [-0.4, -0.2) is 30.0 Å². The van der Waals surface area contributed by atoms with Gasteiger partial charge in [-0.1, -0.05) is 11.3 Å². The standard InChI is InChI=1S/C10H11N7/c1-2-4-17-7-8(12-10(17)3-1)5-11-6-9-13-15-16-14-9/h1-4,7,11H,5-6H2,(H,13,14,15,16). The van der Waals surface area contributed by atoms with Crippen LogP contribution in [0.25, 0.3) is 5.65 Å². The molecule has 86 valence electrons. The van der Waals surface area contributed by atoms with Gasteiger partial charge >= 0.3 is 0 Å². The molecule has 0 saturated heterocycles. The van der Waals surface area contributed by atoms with Gasteiger partial charge in [0.2, 0.25) is 0 Å². The second kappa shape index (κ2) is 4.30. The third-order valence-corrected chi connectivity index (χ3v) is 2.39. The lowest BCUT2D eigenvalue weighted by Crippen LogP contribution is -2.14. The number of nitrogens with zero attached hydrogens (tertiary/aromatic N) is 5. The number of pyridine rings is 1. The van der Waals surface area contributed by atoms with Crippen LogP contribution >= 0.6 is 0 Å². The predicted octanol–water partition coefficient (Wildman–Crippen LogP) is 0.137. The maximum absolute atomic E-state index is 4.47. The molecule has 3 aromatic rings. The molecule has 0 atom stereocenters. The monoisotopic (exact) mass is 229 g/mol. The zero-order valence-electron chi connectivity index (χ0n) is 9.04. The largest absolute Gasteiger partial charge is 0.307 e. The Morgan fingerprint density at radius 1 is 1.29 bits per heavy atom. The number of rotatable bonds is 4. The quantitative estimate of drug-likeness (QED) is 0.664. The van der Waals surface area contributed by atoms with Crippen LogP contribution in [0.2, 0.25) is 0 Å². The fraction of sp³-hybridized carbons (Fsp3) is 0.200. The van der Waals surface area contributed by atoms with E-state index in [-0.39, 0.29) is 0 Å². The first-order valence-electron chi connectivity index (χ1n) is 5.27. The summed E-state index contributed by atoms with van der Waals surface area (Å²) in [6.45, 7) is 1.25. The van der Waals surface area contributed by atoms with Crippen molar-refractivity contribution in [3.63, 3.8) is 0 Å². The van der Waals surface area contributed by atoms with Crippen molar-refractivity contribution in [2.45, 2.75) is 13.1 Å². The van der Waals surface area contributed by atoms with Gasteiger partial charge in [-0.15, -0.1) is 10.2 Å². The molecule has 0 amide bonds. The molecule has 0 radical (unpaired) electrons. The molecule has 7 heteroatoms. The van der Waals surface area contributed by atoms with Gasteiger partial charge in [-0.3, -0.25) is 0 Å². The van der Waals surface area contributed by atoms with E-state index in [1.807, 2.05) is 35.0 Å². The molecule has 7 nitrogen and oxygen atoms in total. The van der Waals surface area contributed by atoms with Crippen molar-refractivity contribution in [1.82, 2.24) is 35.3 Å². The van der Waals surface area contributed by atoms with E-state index in [4.69, 9.17) is 0 Å². The highest BCUT2D eigenvalue weighted by Crippen LogP contribution is 2.03. The summed E-state index contributed by atoms with van der Waals surface area (Å²) in [5.74, 6) is 0.647. The minimum atomic E-state index is 0.574. The fourth-order valence-corrected chi connectivity index (χ4v) is 1.63. The molecule has 3 aromatic heterocycles. The molecule has 0 saturated carbocycles. The average molecular weight is 229 g/mol. The van der Waals surface area contributed by atoms with Crippen molar-refractivity contribution in [3.05, 3.63) is 42.1 Å². The smallest absolute Gasteiger partial charge is 0.188 e. The van der Waals surface area contributed by atoms with Crippen LogP contribution in [0, 0.1) is 0 Å². The number of H-pyrrole nitrogens is 1. The first kappa shape index (κ1) is 9.91. The van der Waals surface area contributed by atoms with Gasteiger partial charge < -0.3 is 9.72 Å². The van der Waals surface area contributed by atoms with Crippen LogP contribution in [0.4, 0.5) is 0 Å². The highest BCUT2D eigenvalue weighted by Gasteiger charge is 2.01. The lowest BCUT2D eigenvalue weighted by molar-refractivity contribution is 0.655. The molecule has 0 aromatic carbocycles. The number of hydrogen-bond donors (Lipinski definition) is 2. The minimum Gasteiger partial charge on any atom is -0.307 e. The molecule has 17 heavy (non-hydrogen) atoms. The second-order valence-corrected chi connectivity index (χ2v) is 3.63. The number of aromatic amines is 1. The van der Waals surface area contributed by atoms with E-state index in [0.717, 1.165) is 11.3 Å². The van der Waals surface area contributed by atoms with Gasteiger partial charge in [0, 0.05) is 18.9 Å². The van der Waals surface area contributed by atoms with Crippen molar-refractivity contribution in [2.75, 3.05) is 0 Å². The summed E-state index contributed by atoms with van der Waals surface area (Å²) in [7, 11) is 0. The molecule has 0 unspecified atom stereocenters. The van der Waals surface area contributed by atoms with Gasteiger partial charge in [0.15, 0.2) is 5.82 Å². The van der Waals surface area contributed by atoms with E-state index >= 15 is 0 Å². The summed E-state index contributed by atoms with van der Waals surface area (Å²) in [4.78, 5) is 4.47. The zero-order valence-corrected chi connectivity index (χ0v) is 9.04. The Hall–Kier alpha value is -2.28. The van der Waals surface area contributed by atoms with E-state index < -0.39 is 0 Å². The lowest BCUT2D eigenvalue weighted by atomic mass is 10.4. The molecular weight excluding hydrogens is 218 g/mol. The summed E-state index contributed by atoms with van der Waals surface area (Å²) in [6.07, 6.45) is 3.98. The first-order valence-corrected chi connectivity index (χ1v) is 5.27. The summed E-state index contributed by atoms with van der Waals surface area (Å²) in [6, 6.07) is 5.92. The molecule has 0 aliphatic rings. The Bertz CT molecular complexity index is 565. The number of imidazole rings is 1. The molecule has 0 spiro atoms. The number of nitrogens with one attached hydrogen (secondary N) is 2. The van der Waals surface area contributed by atoms with Crippen LogP contribution < -0.4 is 5.32 Å². The lowest BCUT2D eigenvalue weighted by Gasteiger charge is -1.96. The van der Waals surface area contributed by atoms with E-state index in [2.05, 4.69) is 30.9 Å². The summed E-state index contributed by atoms with van der Waals surface area (Å²) < 4.78 is 1.99. The first-order chi connectivity index (χ1) is 8.42. The fourth-order valence-electron chi connectivity index (χ4n) is 1.63. The van der Waals surface area contributed by atoms with Crippen LogP contribution in [0.1, 0.15) is 11.5 Å². The van der Waals surface area contributed by atoms with Crippen molar-refractivity contribution < 1.29 is 0 Å². The highest BCUT2D eigenvalue weighted by molar-refractivity contribution is 5.39. The molecule has 0 aliphatic heterocycles. The summed E-state index contributed by atoms with van der Waals surface area (Å²) in [5, 5.41) is 16.8. The summed E-state index contributed by atoms with van der Waals surface area (Å²) >= 11 is 0. The topological polar surface area (TPSA) is 83.8 Å². The normalized spacial score (nSPS) is 11.1. The molecule has 0 fully saturated rings. The Labute approximate surface area is 96.9 Å².